The van der Waals surface area contributed by atoms with E-state index >= 15 is 4.39 Å². The zero-order chi connectivity index (χ0) is 26.8. The zero-order valence-corrected chi connectivity index (χ0v) is 22.4. The maximum absolute atomic E-state index is 16.6. The van der Waals surface area contributed by atoms with Crippen molar-refractivity contribution in [3.8, 4) is 23.2 Å². The van der Waals surface area contributed by atoms with Crippen LogP contribution in [-0.4, -0.2) is 70.3 Å². The van der Waals surface area contributed by atoms with Crippen LogP contribution >= 0.6 is 0 Å². The second kappa shape index (κ2) is 9.15. The molecule has 0 spiro atoms. The highest BCUT2D eigenvalue weighted by atomic mass is 19.1. The molecule has 2 atom stereocenters. The van der Waals surface area contributed by atoms with Gasteiger partial charge in [-0.25, -0.2) is 4.39 Å². The minimum absolute atomic E-state index is 0.0464. The van der Waals surface area contributed by atoms with Crippen LogP contribution in [0.4, 0.5) is 10.2 Å². The molecular formula is C31H32FN7O. The van der Waals surface area contributed by atoms with Crippen LogP contribution in [0.3, 0.4) is 0 Å². The molecule has 8 rings (SSSR count). The Morgan fingerprint density at radius 2 is 1.85 bits per heavy atom. The lowest BCUT2D eigenvalue weighted by Gasteiger charge is -2.34. The monoisotopic (exact) mass is 537 g/mol. The number of ether oxygens (including phenoxy) is 1. The summed E-state index contributed by atoms with van der Waals surface area (Å²) in [7, 11) is 0. The highest BCUT2D eigenvalue weighted by Gasteiger charge is 2.45. The van der Waals surface area contributed by atoms with Gasteiger partial charge in [0.25, 0.3) is 0 Å². The molecule has 8 nitrogen and oxygen atoms in total. The summed E-state index contributed by atoms with van der Waals surface area (Å²) in [6.45, 7) is 4.42. The molecule has 6 heterocycles. The zero-order valence-electron chi connectivity index (χ0n) is 22.4. The number of nitrogens with one attached hydrogen (secondary N) is 2. The van der Waals surface area contributed by atoms with Crippen LogP contribution in [0.15, 0.2) is 36.5 Å². The Hall–Kier alpha value is -3.74. The number of H-pyrrole nitrogens is 1. The molecule has 0 amide bonds. The largest absolute Gasteiger partial charge is 0.461 e. The highest BCUT2D eigenvalue weighted by Crippen LogP contribution is 2.41. The quantitative estimate of drug-likeness (QED) is 0.380. The summed E-state index contributed by atoms with van der Waals surface area (Å²) in [6.07, 6.45) is 8.67. The first-order chi connectivity index (χ1) is 19.6. The number of aromatic amines is 1. The molecule has 4 aromatic rings. The molecule has 9 heteroatoms. The molecule has 4 saturated heterocycles. The average Bonchev–Trinajstić information content (AvgIpc) is 3.75. The number of piperazine rings is 1. The lowest BCUT2D eigenvalue weighted by Crippen LogP contribution is -2.51. The van der Waals surface area contributed by atoms with Gasteiger partial charge in [-0.05, 0) is 69.8 Å². The fourth-order valence-electron chi connectivity index (χ4n) is 7.76. The topological polar surface area (TPSA) is 93.1 Å². The van der Waals surface area contributed by atoms with E-state index in [1.54, 1.807) is 18.3 Å². The number of benzene rings is 2. The molecule has 0 aliphatic carbocycles. The van der Waals surface area contributed by atoms with Crippen molar-refractivity contribution in [1.29, 1.82) is 5.26 Å². The summed E-state index contributed by atoms with van der Waals surface area (Å²) in [4.78, 5) is 17.7. The number of aromatic nitrogens is 3. The van der Waals surface area contributed by atoms with Crippen LogP contribution in [0.2, 0.25) is 0 Å². The Kier molecular flexibility index (Phi) is 5.51. The van der Waals surface area contributed by atoms with Crippen LogP contribution in [0, 0.1) is 17.1 Å². The summed E-state index contributed by atoms with van der Waals surface area (Å²) in [5, 5.41) is 14.8. The van der Waals surface area contributed by atoms with Crippen LogP contribution in [-0.2, 0) is 0 Å². The van der Waals surface area contributed by atoms with Gasteiger partial charge in [0.05, 0.1) is 17.2 Å². The van der Waals surface area contributed by atoms with Gasteiger partial charge >= 0.3 is 6.01 Å². The molecule has 0 unspecified atom stereocenters. The predicted octanol–water partition coefficient (Wildman–Crippen LogP) is 4.74. The van der Waals surface area contributed by atoms with Crippen molar-refractivity contribution in [2.75, 3.05) is 37.7 Å². The van der Waals surface area contributed by atoms with Gasteiger partial charge in [-0.15, -0.1) is 0 Å². The van der Waals surface area contributed by atoms with Crippen LogP contribution in [0.1, 0.15) is 44.1 Å². The maximum Gasteiger partial charge on any atom is 0.319 e. The molecule has 40 heavy (non-hydrogen) atoms. The van der Waals surface area contributed by atoms with Crippen molar-refractivity contribution in [3.05, 3.63) is 47.9 Å². The summed E-state index contributed by atoms with van der Waals surface area (Å²) < 4.78 is 22.9. The van der Waals surface area contributed by atoms with E-state index in [4.69, 9.17) is 14.7 Å². The second-order valence-electron chi connectivity index (χ2n) is 11.9. The van der Waals surface area contributed by atoms with E-state index in [0.29, 0.717) is 46.2 Å². The number of nitrogens with zero attached hydrogens (tertiary/aromatic N) is 5. The minimum Gasteiger partial charge on any atom is -0.461 e. The van der Waals surface area contributed by atoms with Crippen molar-refractivity contribution >= 4 is 27.6 Å². The van der Waals surface area contributed by atoms with Crippen molar-refractivity contribution in [1.82, 2.24) is 25.2 Å². The fourth-order valence-corrected chi connectivity index (χ4v) is 7.76. The van der Waals surface area contributed by atoms with E-state index in [1.165, 1.54) is 12.8 Å². The first kappa shape index (κ1) is 24.1. The van der Waals surface area contributed by atoms with E-state index in [-0.39, 0.29) is 17.1 Å². The molecule has 4 aliphatic heterocycles. The summed E-state index contributed by atoms with van der Waals surface area (Å²) in [6, 6.07) is 12.5. The summed E-state index contributed by atoms with van der Waals surface area (Å²) in [5.41, 5.74) is 2.68. The Balaban J connectivity index is 1.25. The van der Waals surface area contributed by atoms with Gasteiger partial charge in [0, 0.05) is 58.8 Å². The van der Waals surface area contributed by atoms with Gasteiger partial charge in [-0.2, -0.15) is 15.2 Å². The van der Waals surface area contributed by atoms with E-state index in [9.17, 15) is 5.26 Å². The average molecular weight is 538 g/mol. The number of nitriles is 1. The normalized spacial score (nSPS) is 23.6. The minimum atomic E-state index is -0.417. The second-order valence-corrected chi connectivity index (χ2v) is 11.9. The Labute approximate surface area is 232 Å². The molecule has 4 aliphatic rings. The number of fused-ring (bicyclic) bond motifs is 5. The van der Waals surface area contributed by atoms with Crippen molar-refractivity contribution < 1.29 is 9.13 Å². The Bertz CT molecular complexity index is 1650. The van der Waals surface area contributed by atoms with Gasteiger partial charge in [0.15, 0.2) is 5.82 Å². The third-order valence-electron chi connectivity index (χ3n) is 9.68. The number of hydrogen-bond acceptors (Lipinski definition) is 7. The molecule has 0 saturated carbocycles. The molecule has 2 N–H and O–H groups in total. The molecule has 2 bridgehead atoms. The summed E-state index contributed by atoms with van der Waals surface area (Å²) in [5.74, 6) is 0.326. The lowest BCUT2D eigenvalue weighted by atomic mass is 9.95. The van der Waals surface area contributed by atoms with E-state index in [2.05, 4.69) is 26.2 Å². The van der Waals surface area contributed by atoms with E-state index in [0.717, 1.165) is 63.2 Å². The van der Waals surface area contributed by atoms with Crippen molar-refractivity contribution in [3.63, 3.8) is 0 Å². The summed E-state index contributed by atoms with van der Waals surface area (Å²) >= 11 is 0. The molecule has 2 aromatic carbocycles. The third-order valence-corrected chi connectivity index (χ3v) is 9.68. The first-order valence-electron chi connectivity index (χ1n) is 14.5. The van der Waals surface area contributed by atoms with Crippen LogP contribution < -0.4 is 15.0 Å². The van der Waals surface area contributed by atoms with E-state index < -0.39 is 5.82 Å². The van der Waals surface area contributed by atoms with Crippen molar-refractivity contribution in [2.24, 2.45) is 0 Å². The Morgan fingerprint density at radius 1 is 1.05 bits per heavy atom. The van der Waals surface area contributed by atoms with Gasteiger partial charge in [0.2, 0.25) is 0 Å². The molecular weight excluding hydrogens is 505 g/mol. The van der Waals surface area contributed by atoms with Crippen molar-refractivity contribution in [2.45, 2.75) is 56.1 Å². The molecule has 2 aromatic heterocycles. The third kappa shape index (κ3) is 3.70. The molecule has 4 fully saturated rings. The van der Waals surface area contributed by atoms with Gasteiger partial charge in [0.1, 0.15) is 17.9 Å². The number of anilines is 1. The smallest absolute Gasteiger partial charge is 0.319 e. The van der Waals surface area contributed by atoms with Gasteiger partial charge < -0.3 is 19.9 Å². The molecule has 0 radical (unpaired) electrons. The lowest BCUT2D eigenvalue weighted by molar-refractivity contribution is 0.108. The fraction of sp³-hybridized carbons (Fsp3) is 0.452. The van der Waals surface area contributed by atoms with Crippen LogP contribution in [0.5, 0.6) is 6.01 Å². The number of rotatable bonds is 5. The first-order valence-corrected chi connectivity index (χ1v) is 14.5. The predicted molar refractivity (Wildman–Crippen MR) is 152 cm³/mol. The number of halogens is 1. The highest BCUT2D eigenvalue weighted by molar-refractivity contribution is 6.02. The Morgan fingerprint density at radius 3 is 2.62 bits per heavy atom. The van der Waals surface area contributed by atoms with Gasteiger partial charge in [-0.1, -0.05) is 12.1 Å². The number of hydrogen-bond donors (Lipinski definition) is 2. The standard InChI is InChI=1S/C31H32FN7O/c32-27-22(24-15-34-25-5-1-4-19(14-33)26(24)25)8-9-23-28(27)36-30(40-18-31-10-2-12-39(31)13-3-11-31)37-29(23)38-16-20-6-7-21(17-38)35-20/h1,4-5,8-9,15,20-21,34-35H,2-3,6-7,10-13,16-18H2/t20-,21+. The van der Waals surface area contributed by atoms with Crippen LogP contribution in [0.25, 0.3) is 32.9 Å². The van der Waals surface area contributed by atoms with E-state index in [1.807, 2.05) is 18.2 Å². The van der Waals surface area contributed by atoms with Gasteiger partial charge in [-0.3, -0.25) is 4.90 Å². The maximum atomic E-state index is 16.6. The SMILES string of the molecule is N#Cc1cccc2[nH]cc(-c3ccc4c(N5C[C@H]6CC[C@@H](C5)N6)nc(OCC56CCCN5CCC6)nc4c3F)c12. The molecule has 204 valence electrons.